The van der Waals surface area contributed by atoms with Crippen LogP contribution in [0.3, 0.4) is 0 Å². The van der Waals surface area contributed by atoms with Gasteiger partial charge in [-0.3, -0.25) is 9.69 Å². The molecule has 1 aromatic heterocycles. The van der Waals surface area contributed by atoms with E-state index in [0.717, 1.165) is 33.2 Å². The van der Waals surface area contributed by atoms with E-state index in [9.17, 15) is 15.0 Å². The minimum absolute atomic E-state index is 0.00335. The van der Waals surface area contributed by atoms with Gasteiger partial charge in [-0.25, -0.2) is 0 Å². The summed E-state index contributed by atoms with van der Waals surface area (Å²) in [5.41, 5.74) is 5.66. The van der Waals surface area contributed by atoms with Crippen LogP contribution in [0.5, 0.6) is 5.75 Å². The van der Waals surface area contributed by atoms with Crippen LogP contribution < -0.4 is 0 Å². The Morgan fingerprint density at radius 3 is 2.50 bits per heavy atom. The molecular formula is C33H39N3O4. The van der Waals surface area contributed by atoms with Gasteiger partial charge in [-0.15, -0.1) is 0 Å². The first kappa shape index (κ1) is 27.9. The molecule has 7 heteroatoms. The lowest BCUT2D eigenvalue weighted by Gasteiger charge is -2.35. The number of para-hydroxylation sites is 1. The largest absolute Gasteiger partial charge is 0.508 e. The number of hydrogen-bond acceptors (Lipinski definition) is 5. The average Bonchev–Trinajstić information content (AvgIpc) is 3.25. The predicted octanol–water partition coefficient (Wildman–Crippen LogP) is 5.04. The van der Waals surface area contributed by atoms with E-state index in [1.54, 1.807) is 12.1 Å². The first-order valence-corrected chi connectivity index (χ1v) is 13.9. The van der Waals surface area contributed by atoms with E-state index in [4.69, 9.17) is 4.74 Å². The molecule has 1 amide bonds. The number of likely N-dealkylation sites (N-methyl/N-ethyl adjacent to an activating group) is 1. The second kappa shape index (κ2) is 11.8. The number of aromatic hydroxyl groups is 1. The smallest absolute Gasteiger partial charge is 0.271 e. The number of aliphatic hydroxyl groups excluding tert-OH is 1. The molecule has 0 radical (unpaired) electrons. The van der Waals surface area contributed by atoms with E-state index >= 15 is 0 Å². The van der Waals surface area contributed by atoms with Crippen LogP contribution >= 0.6 is 0 Å². The molecule has 5 rings (SSSR count). The molecule has 0 saturated carbocycles. The van der Waals surface area contributed by atoms with Gasteiger partial charge in [-0.05, 0) is 48.9 Å². The van der Waals surface area contributed by atoms with Crippen molar-refractivity contribution in [1.82, 2.24) is 14.4 Å². The van der Waals surface area contributed by atoms with Crippen LogP contribution in [-0.2, 0) is 24.9 Å². The number of phenolic OH excluding ortho intramolecular Hbond substituents is 1. The number of aryl methyl sites for hydroxylation is 1. The lowest BCUT2D eigenvalue weighted by Crippen LogP contribution is -2.47. The third kappa shape index (κ3) is 5.50. The van der Waals surface area contributed by atoms with Crippen LogP contribution in [0.4, 0.5) is 0 Å². The van der Waals surface area contributed by atoms with Crippen molar-refractivity contribution in [3.8, 4) is 16.9 Å². The van der Waals surface area contributed by atoms with Crippen LogP contribution in [0.15, 0.2) is 72.8 Å². The van der Waals surface area contributed by atoms with Crippen molar-refractivity contribution < 1.29 is 19.7 Å². The van der Waals surface area contributed by atoms with Crippen LogP contribution in [0.1, 0.15) is 35.5 Å². The highest BCUT2D eigenvalue weighted by Gasteiger charge is 2.33. The SMILES string of the molecule is C[C@@H]1CN([C@H](C)CO)C(=O)c2c(c3ccccc3n2C)-c2ccccc2CO[C@H]1CN(C)Cc1ccc(O)cc1. The van der Waals surface area contributed by atoms with Gasteiger partial charge in [-0.2, -0.15) is 0 Å². The summed E-state index contributed by atoms with van der Waals surface area (Å²) < 4.78 is 8.68. The molecule has 40 heavy (non-hydrogen) atoms. The Kier molecular flexibility index (Phi) is 8.26. The van der Waals surface area contributed by atoms with E-state index < -0.39 is 0 Å². The summed E-state index contributed by atoms with van der Waals surface area (Å²) in [5.74, 6) is 0.167. The van der Waals surface area contributed by atoms with Gasteiger partial charge in [0.1, 0.15) is 11.4 Å². The highest BCUT2D eigenvalue weighted by molar-refractivity contribution is 6.10. The topological polar surface area (TPSA) is 78.2 Å². The van der Waals surface area contributed by atoms with Crippen molar-refractivity contribution in [2.24, 2.45) is 13.0 Å². The molecule has 1 aliphatic rings. The van der Waals surface area contributed by atoms with E-state index in [1.165, 1.54) is 0 Å². The average molecular weight is 542 g/mol. The Bertz CT molecular complexity index is 1480. The molecule has 210 valence electrons. The first-order chi connectivity index (χ1) is 19.3. The Labute approximate surface area is 236 Å². The zero-order valence-corrected chi connectivity index (χ0v) is 23.7. The Hall–Kier alpha value is -3.65. The highest BCUT2D eigenvalue weighted by Crippen LogP contribution is 2.38. The number of benzene rings is 3. The summed E-state index contributed by atoms with van der Waals surface area (Å²) in [5, 5.41) is 20.9. The molecule has 0 aliphatic carbocycles. The van der Waals surface area contributed by atoms with Gasteiger partial charge < -0.3 is 24.4 Å². The zero-order chi connectivity index (χ0) is 28.4. The van der Waals surface area contributed by atoms with Crippen molar-refractivity contribution in [3.63, 3.8) is 0 Å². The second-order valence-electron chi connectivity index (χ2n) is 11.1. The molecule has 0 fully saturated rings. The standard InChI is InChI=1S/C33H39N3O4/c1-22-17-36(23(2)20-37)33(39)32-31(28-11-7-8-12-29(28)35(32)4)27-10-6-5-9-25(27)21-40-30(22)19-34(3)18-24-13-15-26(38)16-14-24/h5-16,22-23,30,37-38H,17-21H2,1-4H3/t22-,23-,30+/m1/s1. The zero-order valence-electron chi connectivity index (χ0n) is 23.7. The van der Waals surface area contributed by atoms with Crippen molar-refractivity contribution in [2.75, 3.05) is 26.7 Å². The number of amides is 1. The molecule has 7 nitrogen and oxygen atoms in total. The fourth-order valence-electron chi connectivity index (χ4n) is 5.81. The number of phenols is 1. The van der Waals surface area contributed by atoms with Gasteiger partial charge in [-0.1, -0.05) is 61.5 Å². The van der Waals surface area contributed by atoms with Crippen LogP contribution in [0.2, 0.25) is 0 Å². The second-order valence-corrected chi connectivity index (χ2v) is 11.1. The van der Waals surface area contributed by atoms with Gasteiger partial charge in [0, 0.05) is 49.1 Å². The van der Waals surface area contributed by atoms with Gasteiger partial charge >= 0.3 is 0 Å². The summed E-state index contributed by atoms with van der Waals surface area (Å²) in [7, 11) is 4.01. The van der Waals surface area contributed by atoms with Gasteiger partial charge in [0.15, 0.2) is 0 Å². The summed E-state index contributed by atoms with van der Waals surface area (Å²) in [6, 6.07) is 23.2. The maximum atomic E-state index is 14.4. The Balaban J connectivity index is 1.56. The van der Waals surface area contributed by atoms with E-state index in [1.807, 2.05) is 65.9 Å². The number of fused-ring (bicyclic) bond motifs is 5. The lowest BCUT2D eigenvalue weighted by atomic mass is 9.96. The number of carbonyl (C=O) groups excluding carboxylic acids is 1. The molecule has 3 aromatic carbocycles. The van der Waals surface area contributed by atoms with Gasteiger partial charge in [0.25, 0.3) is 5.91 Å². The summed E-state index contributed by atoms with van der Waals surface area (Å²) in [6.45, 7) is 6.13. The quantitative estimate of drug-likeness (QED) is 0.358. The van der Waals surface area contributed by atoms with Crippen molar-refractivity contribution >= 4 is 16.8 Å². The molecule has 0 unspecified atom stereocenters. The Morgan fingerprint density at radius 2 is 1.75 bits per heavy atom. The number of rotatable bonds is 6. The highest BCUT2D eigenvalue weighted by atomic mass is 16.5. The molecule has 0 saturated heterocycles. The lowest BCUT2D eigenvalue weighted by molar-refractivity contribution is -0.0242. The fourth-order valence-corrected chi connectivity index (χ4v) is 5.81. The number of aromatic nitrogens is 1. The molecule has 3 atom stereocenters. The van der Waals surface area contributed by atoms with E-state index in [-0.39, 0.29) is 36.3 Å². The van der Waals surface area contributed by atoms with Crippen molar-refractivity contribution in [3.05, 3.63) is 89.6 Å². The predicted molar refractivity (Wildman–Crippen MR) is 158 cm³/mol. The summed E-state index contributed by atoms with van der Waals surface area (Å²) >= 11 is 0. The van der Waals surface area contributed by atoms with Crippen molar-refractivity contribution in [1.29, 1.82) is 0 Å². The Morgan fingerprint density at radius 1 is 1.05 bits per heavy atom. The molecular weight excluding hydrogens is 502 g/mol. The molecule has 2 N–H and O–H groups in total. The molecule has 4 aromatic rings. The molecule has 1 aliphatic heterocycles. The minimum Gasteiger partial charge on any atom is -0.508 e. The maximum Gasteiger partial charge on any atom is 0.271 e. The van der Waals surface area contributed by atoms with Gasteiger partial charge in [0.2, 0.25) is 0 Å². The maximum absolute atomic E-state index is 14.4. The van der Waals surface area contributed by atoms with Crippen LogP contribution in [-0.4, -0.2) is 69.4 Å². The normalized spacial score (nSPS) is 18.9. The van der Waals surface area contributed by atoms with E-state index in [2.05, 4.69) is 37.1 Å². The fraction of sp³-hybridized carbons (Fsp3) is 0.364. The van der Waals surface area contributed by atoms with Crippen LogP contribution in [0.25, 0.3) is 22.0 Å². The van der Waals surface area contributed by atoms with Crippen LogP contribution in [0, 0.1) is 5.92 Å². The number of nitrogens with zero attached hydrogens (tertiary/aromatic N) is 3. The molecule has 0 bridgehead atoms. The minimum atomic E-state index is -0.354. The molecule has 0 spiro atoms. The monoisotopic (exact) mass is 541 g/mol. The number of hydrogen-bond donors (Lipinski definition) is 2. The van der Waals surface area contributed by atoms with Gasteiger partial charge in [0.05, 0.1) is 25.4 Å². The summed E-state index contributed by atoms with van der Waals surface area (Å²) in [4.78, 5) is 18.5. The van der Waals surface area contributed by atoms with E-state index in [0.29, 0.717) is 31.9 Å². The number of carbonyl (C=O) groups is 1. The first-order valence-electron chi connectivity index (χ1n) is 13.9. The third-order valence-corrected chi connectivity index (χ3v) is 8.11. The number of ether oxygens (including phenoxy) is 1. The number of aliphatic hydroxyl groups is 1. The summed E-state index contributed by atoms with van der Waals surface area (Å²) in [6.07, 6.45) is -0.158. The molecule has 2 heterocycles. The van der Waals surface area contributed by atoms with Crippen molar-refractivity contribution in [2.45, 2.75) is 39.1 Å². The third-order valence-electron chi connectivity index (χ3n) is 8.11.